The molecule has 0 saturated carbocycles. The van der Waals surface area contributed by atoms with Crippen molar-refractivity contribution in [2.45, 2.75) is 11.8 Å². The van der Waals surface area contributed by atoms with Crippen LogP contribution < -0.4 is 33.4 Å². The van der Waals surface area contributed by atoms with Crippen LogP contribution in [0.25, 0.3) is 0 Å². The molecular weight excluding hydrogens is 606 g/mol. The standard InChI is InChI=1S/C27H30BrN3O8S/c1-17(18-7-10-23(36-3)21(28)13-18)29-30-27(32)16-31(22-14-19(35-2)8-11-24(22)37-4)40(33,34)20-9-12-25(38-5)26(15-20)39-6/h7-15H,16H2,1-6H3,(H,30,32)/b29-17-. The molecule has 0 aliphatic rings. The lowest BCUT2D eigenvalue weighted by atomic mass is 10.1. The van der Waals surface area contributed by atoms with Gasteiger partial charge in [-0.05, 0) is 70.9 Å². The maximum atomic E-state index is 14.0. The Bertz CT molecular complexity index is 1510. The number of hydrogen-bond acceptors (Lipinski definition) is 9. The lowest BCUT2D eigenvalue weighted by molar-refractivity contribution is -0.119. The van der Waals surface area contributed by atoms with Gasteiger partial charge in [0.1, 0.15) is 23.8 Å². The van der Waals surface area contributed by atoms with Crippen LogP contribution in [-0.4, -0.2) is 62.1 Å². The number of sulfonamides is 1. The molecule has 0 bridgehead atoms. The van der Waals surface area contributed by atoms with E-state index in [1.807, 2.05) is 0 Å². The Labute approximate surface area is 241 Å². The zero-order valence-corrected chi connectivity index (χ0v) is 25.3. The van der Waals surface area contributed by atoms with Crippen LogP contribution in [-0.2, 0) is 14.8 Å². The Hall–Kier alpha value is -3.97. The summed E-state index contributed by atoms with van der Waals surface area (Å²) in [6.45, 7) is 1.08. The van der Waals surface area contributed by atoms with E-state index in [4.69, 9.17) is 23.7 Å². The molecule has 0 atom stereocenters. The van der Waals surface area contributed by atoms with Gasteiger partial charge in [-0.2, -0.15) is 5.10 Å². The van der Waals surface area contributed by atoms with Crippen molar-refractivity contribution in [1.82, 2.24) is 5.43 Å². The van der Waals surface area contributed by atoms with E-state index in [1.165, 1.54) is 52.7 Å². The largest absolute Gasteiger partial charge is 0.497 e. The summed E-state index contributed by atoms with van der Waals surface area (Å²) in [4.78, 5) is 13.0. The number of carbonyl (C=O) groups is 1. The quantitative estimate of drug-likeness (QED) is 0.232. The first-order valence-electron chi connectivity index (χ1n) is 11.7. The number of carbonyl (C=O) groups excluding carboxylic acids is 1. The summed E-state index contributed by atoms with van der Waals surface area (Å²) in [6.07, 6.45) is 0. The Balaban J connectivity index is 2.01. The fourth-order valence-corrected chi connectivity index (χ4v) is 5.64. The molecule has 214 valence electrons. The number of nitrogens with one attached hydrogen (secondary N) is 1. The number of hydrogen-bond donors (Lipinski definition) is 1. The Morgan fingerprint density at radius 1 is 0.825 bits per heavy atom. The molecule has 0 heterocycles. The van der Waals surface area contributed by atoms with Crippen molar-refractivity contribution in [1.29, 1.82) is 0 Å². The third-order valence-electron chi connectivity index (χ3n) is 5.80. The summed E-state index contributed by atoms with van der Waals surface area (Å²) in [6, 6.07) is 14.1. The summed E-state index contributed by atoms with van der Waals surface area (Å²) in [5, 5.41) is 4.16. The van der Waals surface area contributed by atoms with Gasteiger partial charge in [-0.15, -0.1) is 0 Å². The SMILES string of the molecule is COc1ccc(OC)c(N(CC(=O)N/N=C(/C)c2ccc(OC)c(Br)c2)S(=O)(=O)c2ccc(OC)c(OC)c2)c1. The molecule has 3 aromatic carbocycles. The Morgan fingerprint density at radius 3 is 2.05 bits per heavy atom. The van der Waals surface area contributed by atoms with E-state index in [1.54, 1.807) is 44.4 Å². The number of amides is 1. The maximum Gasteiger partial charge on any atom is 0.265 e. The van der Waals surface area contributed by atoms with E-state index in [2.05, 4.69) is 26.5 Å². The summed E-state index contributed by atoms with van der Waals surface area (Å²) in [5.41, 5.74) is 3.74. The summed E-state index contributed by atoms with van der Waals surface area (Å²) in [5.74, 6) is 1.07. The second-order valence-electron chi connectivity index (χ2n) is 8.15. The first-order chi connectivity index (χ1) is 19.1. The molecule has 13 heteroatoms. The van der Waals surface area contributed by atoms with E-state index in [9.17, 15) is 13.2 Å². The molecule has 1 N–H and O–H groups in total. The van der Waals surface area contributed by atoms with E-state index >= 15 is 0 Å². The molecule has 0 spiro atoms. The minimum Gasteiger partial charge on any atom is -0.497 e. The van der Waals surface area contributed by atoms with Gasteiger partial charge >= 0.3 is 0 Å². The highest BCUT2D eigenvalue weighted by Crippen LogP contribution is 2.37. The average Bonchev–Trinajstić information content (AvgIpc) is 2.97. The number of rotatable bonds is 12. The first kappa shape index (κ1) is 30.6. The van der Waals surface area contributed by atoms with Gasteiger partial charge in [-0.1, -0.05) is 0 Å². The van der Waals surface area contributed by atoms with Crippen LogP contribution >= 0.6 is 15.9 Å². The van der Waals surface area contributed by atoms with Crippen molar-refractivity contribution in [3.05, 3.63) is 64.6 Å². The number of halogens is 1. The van der Waals surface area contributed by atoms with Gasteiger partial charge in [0.15, 0.2) is 11.5 Å². The highest BCUT2D eigenvalue weighted by molar-refractivity contribution is 9.10. The molecule has 0 unspecified atom stereocenters. The fourth-order valence-electron chi connectivity index (χ4n) is 3.66. The molecule has 3 aromatic rings. The van der Waals surface area contributed by atoms with Crippen molar-refractivity contribution in [3.63, 3.8) is 0 Å². The van der Waals surface area contributed by atoms with Crippen LogP contribution in [0.3, 0.4) is 0 Å². The molecule has 0 aromatic heterocycles. The summed E-state index contributed by atoms with van der Waals surface area (Å²) >= 11 is 3.42. The number of methoxy groups -OCH3 is 5. The van der Waals surface area contributed by atoms with Crippen LogP contribution in [0, 0.1) is 0 Å². The van der Waals surface area contributed by atoms with Gasteiger partial charge in [-0.25, -0.2) is 13.8 Å². The molecule has 40 heavy (non-hydrogen) atoms. The smallest absolute Gasteiger partial charge is 0.265 e. The van der Waals surface area contributed by atoms with Crippen LogP contribution in [0.15, 0.2) is 69.1 Å². The molecule has 0 radical (unpaired) electrons. The highest BCUT2D eigenvalue weighted by atomic mass is 79.9. The van der Waals surface area contributed by atoms with Crippen molar-refractivity contribution in [3.8, 4) is 28.7 Å². The lowest BCUT2D eigenvalue weighted by Gasteiger charge is -2.26. The monoisotopic (exact) mass is 635 g/mol. The second-order valence-corrected chi connectivity index (χ2v) is 10.9. The topological polar surface area (TPSA) is 125 Å². The van der Waals surface area contributed by atoms with Crippen LogP contribution in [0.4, 0.5) is 5.69 Å². The zero-order chi connectivity index (χ0) is 29.4. The zero-order valence-electron chi connectivity index (χ0n) is 22.8. The van der Waals surface area contributed by atoms with Gasteiger partial charge in [-0.3, -0.25) is 9.10 Å². The fraction of sp³-hybridized carbons (Fsp3) is 0.259. The van der Waals surface area contributed by atoms with E-state index < -0.39 is 22.5 Å². The van der Waals surface area contributed by atoms with Crippen molar-refractivity contribution in [2.75, 3.05) is 46.4 Å². The number of hydrazone groups is 1. The predicted molar refractivity (Wildman–Crippen MR) is 155 cm³/mol. The Morgan fingerprint density at radius 2 is 1.45 bits per heavy atom. The lowest BCUT2D eigenvalue weighted by Crippen LogP contribution is -2.40. The molecule has 3 rings (SSSR count). The minimum absolute atomic E-state index is 0.0894. The predicted octanol–water partition coefficient (Wildman–Crippen LogP) is 4.23. The highest BCUT2D eigenvalue weighted by Gasteiger charge is 2.31. The molecule has 11 nitrogen and oxygen atoms in total. The van der Waals surface area contributed by atoms with Crippen molar-refractivity contribution in [2.24, 2.45) is 5.10 Å². The van der Waals surface area contributed by atoms with E-state index in [0.717, 1.165) is 9.87 Å². The minimum atomic E-state index is -4.34. The number of ether oxygens (including phenoxy) is 5. The number of benzene rings is 3. The van der Waals surface area contributed by atoms with Gasteiger partial charge in [0, 0.05) is 12.1 Å². The van der Waals surface area contributed by atoms with E-state index in [-0.39, 0.29) is 22.1 Å². The number of nitrogens with zero attached hydrogens (tertiary/aromatic N) is 2. The molecule has 1 amide bonds. The van der Waals surface area contributed by atoms with Gasteiger partial charge in [0.05, 0.1) is 56.3 Å². The average molecular weight is 637 g/mol. The van der Waals surface area contributed by atoms with E-state index in [0.29, 0.717) is 27.4 Å². The molecule has 0 fully saturated rings. The normalized spacial score (nSPS) is 11.4. The molecule has 0 saturated heterocycles. The third-order valence-corrected chi connectivity index (χ3v) is 8.18. The summed E-state index contributed by atoms with van der Waals surface area (Å²) in [7, 11) is 2.90. The van der Waals surface area contributed by atoms with Crippen LogP contribution in [0.2, 0.25) is 0 Å². The van der Waals surface area contributed by atoms with Gasteiger partial charge in [0.25, 0.3) is 15.9 Å². The van der Waals surface area contributed by atoms with Crippen molar-refractivity contribution < 1.29 is 36.9 Å². The summed E-state index contributed by atoms with van der Waals surface area (Å²) < 4.78 is 56.0. The molecule has 0 aliphatic heterocycles. The maximum absolute atomic E-state index is 14.0. The van der Waals surface area contributed by atoms with Gasteiger partial charge < -0.3 is 23.7 Å². The van der Waals surface area contributed by atoms with Crippen LogP contribution in [0.5, 0.6) is 28.7 Å². The second kappa shape index (κ2) is 13.4. The van der Waals surface area contributed by atoms with Gasteiger partial charge in [0.2, 0.25) is 0 Å². The first-order valence-corrected chi connectivity index (χ1v) is 14.0. The third kappa shape index (κ3) is 6.77. The molecular formula is C27H30BrN3O8S. The van der Waals surface area contributed by atoms with Crippen LogP contribution in [0.1, 0.15) is 12.5 Å². The van der Waals surface area contributed by atoms with Crippen molar-refractivity contribution >= 4 is 43.3 Å². The number of anilines is 1. The Kier molecular flexibility index (Phi) is 10.2. The molecule has 0 aliphatic carbocycles.